The molecular formula is C16H27FN4. The molecule has 0 bridgehead atoms. The van der Waals surface area contributed by atoms with E-state index in [1.54, 1.807) is 6.07 Å². The smallest absolute Gasteiger partial charge is 0.141 e. The Balaban J connectivity index is 1.88. The van der Waals surface area contributed by atoms with Gasteiger partial charge in [0.2, 0.25) is 0 Å². The fourth-order valence-electron chi connectivity index (χ4n) is 2.65. The molecule has 118 valence electrons. The summed E-state index contributed by atoms with van der Waals surface area (Å²) in [7, 11) is 2.17. The van der Waals surface area contributed by atoms with Gasteiger partial charge in [-0.3, -0.25) is 4.98 Å². The summed E-state index contributed by atoms with van der Waals surface area (Å²) < 4.78 is 13.0. The number of hydrogen-bond acceptors (Lipinski definition) is 4. The van der Waals surface area contributed by atoms with Crippen LogP contribution in [0.1, 0.15) is 31.5 Å². The van der Waals surface area contributed by atoms with Crippen molar-refractivity contribution < 1.29 is 4.39 Å². The van der Waals surface area contributed by atoms with Gasteiger partial charge < -0.3 is 15.1 Å². The van der Waals surface area contributed by atoms with Crippen molar-refractivity contribution in [2.45, 2.75) is 25.8 Å². The summed E-state index contributed by atoms with van der Waals surface area (Å²) in [6.07, 6.45) is 3.42. The molecule has 1 atom stereocenters. The van der Waals surface area contributed by atoms with Crippen LogP contribution < -0.4 is 5.32 Å². The molecule has 1 aromatic rings. The van der Waals surface area contributed by atoms with Crippen molar-refractivity contribution in [3.05, 3.63) is 29.8 Å². The van der Waals surface area contributed by atoms with E-state index in [1.807, 2.05) is 0 Å². The first kappa shape index (κ1) is 16.3. The summed E-state index contributed by atoms with van der Waals surface area (Å²) in [5.41, 5.74) is 0.943. The highest BCUT2D eigenvalue weighted by Gasteiger charge is 2.17. The molecule has 2 heterocycles. The number of pyridine rings is 1. The van der Waals surface area contributed by atoms with Gasteiger partial charge in [0, 0.05) is 32.7 Å². The Morgan fingerprint density at radius 1 is 1.29 bits per heavy atom. The molecule has 5 heteroatoms. The predicted octanol–water partition coefficient (Wildman–Crippen LogP) is 1.90. The summed E-state index contributed by atoms with van der Waals surface area (Å²) in [6.45, 7) is 8.73. The van der Waals surface area contributed by atoms with Crippen molar-refractivity contribution in [1.82, 2.24) is 20.1 Å². The van der Waals surface area contributed by atoms with Gasteiger partial charge in [-0.05, 0) is 38.6 Å². The Labute approximate surface area is 127 Å². The molecule has 0 spiro atoms. The van der Waals surface area contributed by atoms with Crippen LogP contribution in [0.5, 0.6) is 0 Å². The average molecular weight is 294 g/mol. The van der Waals surface area contributed by atoms with E-state index in [1.165, 1.54) is 12.3 Å². The van der Waals surface area contributed by atoms with Gasteiger partial charge >= 0.3 is 0 Å². The van der Waals surface area contributed by atoms with E-state index in [9.17, 15) is 4.39 Å². The molecule has 1 unspecified atom stereocenters. The van der Waals surface area contributed by atoms with Crippen LogP contribution in [0.15, 0.2) is 18.3 Å². The summed E-state index contributed by atoms with van der Waals surface area (Å²) >= 11 is 0. The number of halogens is 1. The van der Waals surface area contributed by atoms with Gasteiger partial charge in [-0.15, -0.1) is 0 Å². The minimum atomic E-state index is -0.271. The lowest BCUT2D eigenvalue weighted by Crippen LogP contribution is -2.45. The molecule has 0 amide bonds. The maximum atomic E-state index is 13.0. The Kier molecular flexibility index (Phi) is 6.54. The molecule has 1 aromatic heterocycles. The van der Waals surface area contributed by atoms with E-state index in [0.717, 1.165) is 57.8 Å². The van der Waals surface area contributed by atoms with Gasteiger partial charge in [0.25, 0.3) is 0 Å². The Hall–Kier alpha value is -1.04. The van der Waals surface area contributed by atoms with Gasteiger partial charge in [-0.1, -0.05) is 6.92 Å². The quantitative estimate of drug-likeness (QED) is 0.832. The van der Waals surface area contributed by atoms with Crippen molar-refractivity contribution in [2.24, 2.45) is 0 Å². The summed E-state index contributed by atoms with van der Waals surface area (Å²) in [6, 6.07) is 3.51. The summed E-state index contributed by atoms with van der Waals surface area (Å²) in [5.74, 6) is -0.271. The maximum Gasteiger partial charge on any atom is 0.141 e. The lowest BCUT2D eigenvalue weighted by Gasteiger charge is -2.33. The van der Waals surface area contributed by atoms with Gasteiger partial charge in [0.05, 0.1) is 17.9 Å². The lowest BCUT2D eigenvalue weighted by molar-refractivity contribution is 0.148. The zero-order valence-electron chi connectivity index (χ0n) is 13.2. The Bertz CT molecular complexity index is 401. The Morgan fingerprint density at radius 2 is 2.05 bits per heavy atom. The fraction of sp³-hybridized carbons (Fsp3) is 0.688. The topological polar surface area (TPSA) is 31.4 Å². The van der Waals surface area contributed by atoms with Crippen LogP contribution in [0.3, 0.4) is 0 Å². The monoisotopic (exact) mass is 294 g/mol. The largest absolute Gasteiger partial charge is 0.309 e. The molecule has 1 saturated heterocycles. The van der Waals surface area contributed by atoms with Crippen LogP contribution >= 0.6 is 0 Å². The maximum absolute atomic E-state index is 13.0. The van der Waals surface area contributed by atoms with E-state index in [0.29, 0.717) is 0 Å². The number of likely N-dealkylation sites (N-methyl/N-ethyl adjacent to an activating group) is 1. The first-order valence-electron chi connectivity index (χ1n) is 7.94. The van der Waals surface area contributed by atoms with Crippen molar-refractivity contribution in [2.75, 3.05) is 46.3 Å². The molecule has 1 N–H and O–H groups in total. The number of nitrogens with zero attached hydrogens (tertiary/aromatic N) is 3. The highest BCUT2D eigenvalue weighted by molar-refractivity contribution is 5.10. The first-order chi connectivity index (χ1) is 10.2. The molecule has 0 aromatic carbocycles. The molecule has 1 fully saturated rings. The number of hydrogen-bond donors (Lipinski definition) is 1. The third-order valence-corrected chi connectivity index (χ3v) is 4.08. The third-order valence-electron chi connectivity index (χ3n) is 4.08. The predicted molar refractivity (Wildman–Crippen MR) is 83.8 cm³/mol. The normalized spacial score (nSPS) is 18.8. The number of aromatic nitrogens is 1. The molecule has 1 aliphatic heterocycles. The Morgan fingerprint density at radius 3 is 2.67 bits per heavy atom. The minimum absolute atomic E-state index is 0.213. The van der Waals surface area contributed by atoms with Crippen LogP contribution in [0.25, 0.3) is 0 Å². The van der Waals surface area contributed by atoms with E-state index in [2.05, 4.69) is 34.1 Å². The van der Waals surface area contributed by atoms with Gasteiger partial charge in [0.1, 0.15) is 5.82 Å². The fourth-order valence-corrected chi connectivity index (χ4v) is 2.65. The zero-order valence-corrected chi connectivity index (χ0v) is 13.2. The van der Waals surface area contributed by atoms with Crippen LogP contribution in [-0.4, -0.2) is 61.1 Å². The van der Waals surface area contributed by atoms with E-state index >= 15 is 0 Å². The van der Waals surface area contributed by atoms with Crippen molar-refractivity contribution in [1.29, 1.82) is 0 Å². The zero-order chi connectivity index (χ0) is 15.1. The van der Waals surface area contributed by atoms with Crippen LogP contribution in [-0.2, 0) is 0 Å². The van der Waals surface area contributed by atoms with Gasteiger partial charge in [-0.25, -0.2) is 4.39 Å². The molecule has 0 saturated carbocycles. The molecule has 21 heavy (non-hydrogen) atoms. The summed E-state index contributed by atoms with van der Waals surface area (Å²) in [5, 5.41) is 3.53. The number of nitrogens with one attached hydrogen (secondary N) is 1. The summed E-state index contributed by atoms with van der Waals surface area (Å²) in [4.78, 5) is 9.11. The third kappa shape index (κ3) is 5.34. The average Bonchev–Trinajstić information content (AvgIpc) is 2.50. The molecule has 0 radical (unpaired) electrons. The standard InChI is InChI=1S/C16H27FN4/c1-3-7-18-16(15-5-4-14(17)13-19-15)6-8-21-11-9-20(2)10-12-21/h4-5,13,16,18H,3,6-12H2,1-2H3. The molecular weight excluding hydrogens is 267 g/mol. The van der Waals surface area contributed by atoms with E-state index in [-0.39, 0.29) is 11.9 Å². The van der Waals surface area contributed by atoms with Gasteiger partial charge in [-0.2, -0.15) is 0 Å². The minimum Gasteiger partial charge on any atom is -0.309 e. The second-order valence-corrected chi connectivity index (χ2v) is 5.84. The van der Waals surface area contributed by atoms with E-state index in [4.69, 9.17) is 0 Å². The number of rotatable bonds is 7. The van der Waals surface area contributed by atoms with Crippen LogP contribution in [0.4, 0.5) is 4.39 Å². The van der Waals surface area contributed by atoms with Gasteiger partial charge in [0.15, 0.2) is 0 Å². The highest BCUT2D eigenvalue weighted by atomic mass is 19.1. The first-order valence-corrected chi connectivity index (χ1v) is 7.94. The second kappa shape index (κ2) is 8.41. The van der Waals surface area contributed by atoms with Crippen molar-refractivity contribution in [3.8, 4) is 0 Å². The van der Waals surface area contributed by atoms with Crippen LogP contribution in [0, 0.1) is 5.82 Å². The SMILES string of the molecule is CCCNC(CCN1CCN(C)CC1)c1ccc(F)cn1. The highest BCUT2D eigenvalue weighted by Crippen LogP contribution is 2.16. The van der Waals surface area contributed by atoms with Crippen molar-refractivity contribution >= 4 is 0 Å². The van der Waals surface area contributed by atoms with Crippen molar-refractivity contribution in [3.63, 3.8) is 0 Å². The molecule has 0 aliphatic carbocycles. The van der Waals surface area contributed by atoms with E-state index < -0.39 is 0 Å². The molecule has 2 rings (SSSR count). The molecule has 1 aliphatic rings. The molecule has 4 nitrogen and oxygen atoms in total. The lowest BCUT2D eigenvalue weighted by atomic mass is 10.1. The number of piperazine rings is 1. The second-order valence-electron chi connectivity index (χ2n) is 5.84. The van der Waals surface area contributed by atoms with Crippen LogP contribution in [0.2, 0.25) is 0 Å².